The number of imidazole rings is 1. The van der Waals surface area contributed by atoms with E-state index in [0.717, 1.165) is 6.08 Å². The lowest BCUT2D eigenvalue weighted by Gasteiger charge is -2.16. The van der Waals surface area contributed by atoms with Crippen LogP contribution in [0.5, 0.6) is 0 Å². The predicted octanol–water partition coefficient (Wildman–Crippen LogP) is -2.21. The van der Waals surface area contributed by atoms with E-state index in [1.54, 1.807) is 0 Å². The Hall–Kier alpha value is -2.45. The molecule has 15 heteroatoms. The molecule has 4 atom stereocenters. The number of fused-ring (bicyclic) bond motifs is 1. The molecule has 0 aliphatic carbocycles. The van der Waals surface area contributed by atoms with Crippen molar-refractivity contribution in [1.82, 2.24) is 19.5 Å². The number of aliphatic hydroxyl groups is 2. The first-order chi connectivity index (χ1) is 13.0. The molecule has 3 rings (SSSR count). The zero-order chi connectivity index (χ0) is 21.1. The number of rotatable bonds is 5. The number of primary amides is 1. The number of ether oxygens (including phenoxy) is 1. The van der Waals surface area contributed by atoms with E-state index in [4.69, 9.17) is 20.3 Å². The van der Waals surface area contributed by atoms with E-state index >= 15 is 0 Å². The second kappa shape index (κ2) is 8.70. The van der Waals surface area contributed by atoms with Gasteiger partial charge in [0.1, 0.15) is 30.2 Å². The Kier molecular flexibility index (Phi) is 6.79. The van der Waals surface area contributed by atoms with Crippen LogP contribution in [0.25, 0.3) is 11.2 Å². The van der Waals surface area contributed by atoms with Crippen LogP contribution in [0.1, 0.15) is 6.23 Å². The van der Waals surface area contributed by atoms with Crippen molar-refractivity contribution < 1.29 is 38.6 Å². The van der Waals surface area contributed by atoms with Gasteiger partial charge in [0.2, 0.25) is 5.91 Å². The fourth-order valence-electron chi connectivity index (χ4n) is 2.32. The lowest BCUT2D eigenvalue weighted by atomic mass is 10.1. The maximum Gasteiger partial charge on any atom is 0.469 e. The summed E-state index contributed by atoms with van der Waals surface area (Å²) in [6.45, 7) is 2.49. The molecule has 0 unspecified atom stereocenters. The van der Waals surface area contributed by atoms with Gasteiger partial charge in [-0.05, 0) is 6.08 Å². The molecule has 2 aromatic heterocycles. The van der Waals surface area contributed by atoms with Crippen LogP contribution in [0, 0.1) is 0 Å². The van der Waals surface area contributed by atoms with Gasteiger partial charge < -0.3 is 36.2 Å². The molecule has 0 spiro atoms. The Balaban J connectivity index is 0.000000500. The van der Waals surface area contributed by atoms with Gasteiger partial charge in [-0.25, -0.2) is 19.5 Å². The fourth-order valence-corrected chi connectivity index (χ4v) is 2.66. The van der Waals surface area contributed by atoms with Crippen molar-refractivity contribution in [3.8, 4) is 0 Å². The van der Waals surface area contributed by atoms with Gasteiger partial charge in [-0.1, -0.05) is 6.58 Å². The van der Waals surface area contributed by atoms with Crippen molar-refractivity contribution in [1.29, 1.82) is 0 Å². The van der Waals surface area contributed by atoms with Gasteiger partial charge in [-0.2, -0.15) is 0 Å². The zero-order valence-electron chi connectivity index (χ0n) is 14.3. The van der Waals surface area contributed by atoms with E-state index in [-0.39, 0.29) is 11.5 Å². The molecule has 2 aromatic rings. The van der Waals surface area contributed by atoms with Gasteiger partial charge >= 0.3 is 7.82 Å². The molecule has 0 radical (unpaired) electrons. The SMILES string of the molecule is C=CC(N)=O.Nc1ncnc2c1ncn2[C@@H]1O[C@H](COP(=O)(O)O)[C@@H](O)[C@H]1O. The van der Waals surface area contributed by atoms with E-state index < -0.39 is 44.9 Å². The minimum absolute atomic E-state index is 0.142. The normalized spacial score (nSPS) is 24.6. The molecule has 0 bridgehead atoms. The van der Waals surface area contributed by atoms with Crippen molar-refractivity contribution in [2.45, 2.75) is 24.5 Å². The lowest BCUT2D eigenvalue weighted by molar-refractivity contribution is -0.113. The van der Waals surface area contributed by atoms with E-state index in [0.29, 0.717) is 5.52 Å². The number of anilines is 1. The summed E-state index contributed by atoms with van der Waals surface area (Å²) in [5.41, 5.74) is 10.8. The number of nitrogen functional groups attached to an aromatic ring is 1. The second-order valence-corrected chi connectivity index (χ2v) is 6.76. The smallest absolute Gasteiger partial charge is 0.387 e. The van der Waals surface area contributed by atoms with Crippen LogP contribution in [0.4, 0.5) is 5.82 Å². The first-order valence-electron chi connectivity index (χ1n) is 7.61. The molecule has 28 heavy (non-hydrogen) atoms. The highest BCUT2D eigenvalue weighted by Gasteiger charge is 2.45. The topological polar surface area (TPSA) is 229 Å². The largest absolute Gasteiger partial charge is 0.469 e. The molecule has 1 amide bonds. The molecule has 1 saturated heterocycles. The van der Waals surface area contributed by atoms with E-state index in [2.05, 4.69) is 31.8 Å². The molecule has 8 N–H and O–H groups in total. The van der Waals surface area contributed by atoms with Gasteiger partial charge in [0.25, 0.3) is 0 Å². The third kappa shape index (κ3) is 5.08. The molecule has 1 aliphatic rings. The van der Waals surface area contributed by atoms with Gasteiger partial charge in [0, 0.05) is 0 Å². The molecule has 0 saturated carbocycles. The molecular weight excluding hydrogens is 399 g/mol. The van der Waals surface area contributed by atoms with E-state index in [1.807, 2.05) is 0 Å². The summed E-state index contributed by atoms with van der Waals surface area (Å²) in [5, 5.41) is 20.1. The Labute approximate surface area is 157 Å². The molecule has 1 fully saturated rings. The van der Waals surface area contributed by atoms with Crippen molar-refractivity contribution >= 4 is 30.7 Å². The number of amides is 1. The molecule has 1 aliphatic heterocycles. The first kappa shape index (κ1) is 21.8. The zero-order valence-corrected chi connectivity index (χ0v) is 15.2. The number of hydrogen-bond donors (Lipinski definition) is 6. The molecule has 154 valence electrons. The van der Waals surface area contributed by atoms with Crippen molar-refractivity contribution in [3.05, 3.63) is 25.3 Å². The van der Waals surface area contributed by atoms with Gasteiger partial charge in [-0.15, -0.1) is 0 Å². The summed E-state index contributed by atoms with van der Waals surface area (Å²) in [7, 11) is -4.72. The summed E-state index contributed by atoms with van der Waals surface area (Å²) in [5.74, 6) is -0.340. The third-order valence-corrected chi connectivity index (χ3v) is 4.09. The number of aromatic nitrogens is 4. The monoisotopic (exact) mass is 418 g/mol. The molecule has 0 aromatic carbocycles. The van der Waals surface area contributed by atoms with Crippen LogP contribution < -0.4 is 11.5 Å². The minimum atomic E-state index is -4.72. The summed E-state index contributed by atoms with van der Waals surface area (Å²) in [6.07, 6.45) is -1.43. The van der Waals surface area contributed by atoms with Crippen LogP contribution in [0.15, 0.2) is 25.3 Å². The Bertz CT molecular complexity index is 900. The van der Waals surface area contributed by atoms with Crippen LogP contribution in [-0.4, -0.2) is 70.3 Å². The van der Waals surface area contributed by atoms with Crippen molar-refractivity contribution in [2.75, 3.05) is 12.3 Å². The average Bonchev–Trinajstić information content (AvgIpc) is 3.16. The number of phosphoric acid groups is 1. The number of carbonyl (C=O) groups excluding carboxylic acids is 1. The van der Waals surface area contributed by atoms with Crippen LogP contribution in [-0.2, 0) is 18.6 Å². The maximum atomic E-state index is 10.7. The molecule has 14 nitrogen and oxygen atoms in total. The average molecular weight is 418 g/mol. The van der Waals surface area contributed by atoms with E-state index in [9.17, 15) is 19.6 Å². The number of phosphoric ester groups is 1. The summed E-state index contributed by atoms with van der Waals surface area (Å²) >= 11 is 0. The highest BCUT2D eigenvalue weighted by Crippen LogP contribution is 2.38. The molecule has 3 heterocycles. The van der Waals surface area contributed by atoms with Gasteiger partial charge in [0.15, 0.2) is 17.7 Å². The van der Waals surface area contributed by atoms with Crippen LogP contribution in [0.2, 0.25) is 0 Å². The fraction of sp³-hybridized carbons (Fsp3) is 0.385. The summed E-state index contributed by atoms with van der Waals surface area (Å²) in [4.78, 5) is 38.7. The third-order valence-electron chi connectivity index (χ3n) is 3.61. The maximum absolute atomic E-state index is 10.7. The van der Waals surface area contributed by atoms with Crippen molar-refractivity contribution in [3.63, 3.8) is 0 Å². The summed E-state index contributed by atoms with van der Waals surface area (Å²) < 4.78 is 21.8. The Morgan fingerprint density at radius 3 is 2.57 bits per heavy atom. The van der Waals surface area contributed by atoms with Crippen LogP contribution >= 0.6 is 7.82 Å². The first-order valence-corrected chi connectivity index (χ1v) is 9.14. The number of hydrogen-bond acceptors (Lipinski definition) is 10. The number of nitrogens with two attached hydrogens (primary N) is 2. The minimum Gasteiger partial charge on any atom is -0.387 e. The Morgan fingerprint density at radius 2 is 2.00 bits per heavy atom. The van der Waals surface area contributed by atoms with Crippen LogP contribution in [0.3, 0.4) is 0 Å². The van der Waals surface area contributed by atoms with Crippen molar-refractivity contribution in [2.24, 2.45) is 5.73 Å². The molecular formula is C13H19N6O8P. The number of nitrogens with zero attached hydrogens (tertiary/aromatic N) is 4. The van der Waals surface area contributed by atoms with Gasteiger partial charge in [-0.3, -0.25) is 13.9 Å². The predicted molar refractivity (Wildman–Crippen MR) is 93.0 cm³/mol. The number of carbonyl (C=O) groups is 1. The van der Waals surface area contributed by atoms with E-state index in [1.165, 1.54) is 17.2 Å². The van der Waals surface area contributed by atoms with Gasteiger partial charge in [0.05, 0.1) is 12.9 Å². The highest BCUT2D eigenvalue weighted by molar-refractivity contribution is 7.46. The Morgan fingerprint density at radius 1 is 1.36 bits per heavy atom. The second-order valence-electron chi connectivity index (χ2n) is 5.52. The standard InChI is InChI=1S/C10H14N5O7P.C3H5NO/c11-8-5-9(13-2-12-8)15(3-14-5)10-7(17)6(16)4(22-10)1-21-23(18,19)20;1-2-3(4)5/h2-4,6-7,10,16-17H,1H2,(H2,11,12,13)(H2,18,19,20);2H,1H2,(H2,4,5)/t4-,6-,7-,10-;/m1./s1. The number of aliphatic hydroxyl groups excluding tert-OH is 2. The highest BCUT2D eigenvalue weighted by atomic mass is 31.2. The lowest BCUT2D eigenvalue weighted by Crippen LogP contribution is -2.33. The quantitative estimate of drug-likeness (QED) is 0.224. The summed E-state index contributed by atoms with van der Waals surface area (Å²) in [6, 6.07) is 0.